The molecule has 2 aromatic carbocycles. The topological polar surface area (TPSA) is 76.0 Å². The van der Waals surface area contributed by atoms with Crippen molar-refractivity contribution in [3.8, 4) is 5.75 Å². The molecule has 0 aliphatic carbocycles. The van der Waals surface area contributed by atoms with Gasteiger partial charge in [0.25, 0.3) is 5.91 Å². The van der Waals surface area contributed by atoms with Gasteiger partial charge in [0.05, 0.1) is 41.8 Å². The average molecular weight is 485 g/mol. The molecule has 2 aliphatic rings. The lowest BCUT2D eigenvalue weighted by atomic mass is 10.1. The number of benzene rings is 2. The highest BCUT2D eigenvalue weighted by molar-refractivity contribution is 8.16. The van der Waals surface area contributed by atoms with Crippen molar-refractivity contribution in [2.45, 2.75) is 17.7 Å². The van der Waals surface area contributed by atoms with E-state index in [1.807, 2.05) is 12.1 Å². The maximum atomic E-state index is 12.7. The third-order valence-electron chi connectivity index (χ3n) is 4.97. The number of carbonyl (C=O) groups is 1. The predicted octanol–water partition coefficient (Wildman–Crippen LogP) is 3.85. The second kappa shape index (κ2) is 8.42. The van der Waals surface area contributed by atoms with E-state index in [0.29, 0.717) is 26.6 Å². The summed E-state index contributed by atoms with van der Waals surface area (Å²) >= 11 is 13.8. The van der Waals surface area contributed by atoms with Crippen LogP contribution in [0.4, 0.5) is 5.69 Å². The molecule has 0 saturated carbocycles. The molecular formula is C20H18Cl2N2O4S2. The Labute approximate surface area is 189 Å². The van der Waals surface area contributed by atoms with Crippen molar-refractivity contribution < 1.29 is 17.9 Å². The number of amidine groups is 1. The summed E-state index contributed by atoms with van der Waals surface area (Å²) in [7, 11) is -1.59. The quantitative estimate of drug-likeness (QED) is 0.655. The standard InChI is InChI=1S/C20H18Cl2N2O4S2/c1-28-14-5-2-12(3-6-14)8-19(25)23-20-24(16-9-13(21)4-7-15(16)22)17-10-30(26,27)11-18(17)29-20/h2-7,9,17-18H,8,10-11H2,1H3/t17-,18-/m1/s1. The maximum Gasteiger partial charge on any atom is 0.252 e. The van der Waals surface area contributed by atoms with Gasteiger partial charge in [-0.25, -0.2) is 8.42 Å². The van der Waals surface area contributed by atoms with Crippen LogP contribution < -0.4 is 9.64 Å². The fourth-order valence-corrected chi connectivity index (χ4v) is 7.88. The Hall–Kier alpha value is -1.74. The van der Waals surface area contributed by atoms with E-state index in [1.54, 1.807) is 42.3 Å². The molecule has 2 heterocycles. The Morgan fingerprint density at radius 1 is 1.20 bits per heavy atom. The molecule has 0 bridgehead atoms. The van der Waals surface area contributed by atoms with Gasteiger partial charge >= 0.3 is 0 Å². The highest BCUT2D eigenvalue weighted by Gasteiger charge is 2.49. The molecule has 0 unspecified atom stereocenters. The van der Waals surface area contributed by atoms with Crippen LogP contribution in [-0.4, -0.2) is 49.4 Å². The summed E-state index contributed by atoms with van der Waals surface area (Å²) in [6.45, 7) is 0. The number of carbonyl (C=O) groups excluding carboxylic acids is 1. The van der Waals surface area contributed by atoms with Gasteiger partial charge in [-0.3, -0.25) is 4.79 Å². The third-order valence-corrected chi connectivity index (χ3v) is 8.73. The van der Waals surface area contributed by atoms with Crippen LogP contribution in [0.15, 0.2) is 47.5 Å². The number of amides is 1. The number of sulfone groups is 1. The summed E-state index contributed by atoms with van der Waals surface area (Å²) in [6, 6.07) is 11.8. The predicted molar refractivity (Wildman–Crippen MR) is 122 cm³/mol. The lowest BCUT2D eigenvalue weighted by Crippen LogP contribution is -2.38. The molecule has 0 N–H and O–H groups in total. The van der Waals surface area contributed by atoms with Crippen LogP contribution in [0.3, 0.4) is 0 Å². The van der Waals surface area contributed by atoms with Crippen molar-refractivity contribution in [3.05, 3.63) is 58.1 Å². The third kappa shape index (κ3) is 4.46. The molecule has 2 aromatic rings. The first kappa shape index (κ1) is 21.5. The molecule has 6 nitrogen and oxygen atoms in total. The number of methoxy groups -OCH3 is 1. The highest BCUT2D eigenvalue weighted by Crippen LogP contribution is 2.43. The van der Waals surface area contributed by atoms with Crippen molar-refractivity contribution in [2.24, 2.45) is 4.99 Å². The zero-order valence-corrected chi connectivity index (χ0v) is 19.1. The second-order valence-electron chi connectivity index (χ2n) is 7.08. The van der Waals surface area contributed by atoms with E-state index in [2.05, 4.69) is 4.99 Å². The minimum Gasteiger partial charge on any atom is -0.497 e. The van der Waals surface area contributed by atoms with Crippen LogP contribution >= 0.6 is 35.0 Å². The largest absolute Gasteiger partial charge is 0.497 e. The van der Waals surface area contributed by atoms with Gasteiger partial charge in [0.2, 0.25) is 0 Å². The van der Waals surface area contributed by atoms with Crippen LogP contribution in [-0.2, 0) is 21.1 Å². The van der Waals surface area contributed by atoms with E-state index in [9.17, 15) is 13.2 Å². The van der Waals surface area contributed by atoms with E-state index < -0.39 is 9.84 Å². The molecule has 2 atom stereocenters. The number of hydrogen-bond donors (Lipinski definition) is 0. The number of fused-ring (bicyclic) bond motifs is 1. The van der Waals surface area contributed by atoms with Crippen LogP contribution in [0.25, 0.3) is 0 Å². The molecule has 0 aromatic heterocycles. The minimum absolute atomic E-state index is 0.0147. The van der Waals surface area contributed by atoms with E-state index in [4.69, 9.17) is 27.9 Å². The normalized spacial score (nSPS) is 23.6. The monoisotopic (exact) mass is 484 g/mol. The van der Waals surface area contributed by atoms with E-state index in [1.165, 1.54) is 11.8 Å². The van der Waals surface area contributed by atoms with Crippen molar-refractivity contribution in [3.63, 3.8) is 0 Å². The van der Waals surface area contributed by atoms with Gasteiger partial charge in [-0.2, -0.15) is 4.99 Å². The Morgan fingerprint density at radius 2 is 1.93 bits per heavy atom. The molecule has 10 heteroatoms. The smallest absolute Gasteiger partial charge is 0.252 e. The first-order valence-electron chi connectivity index (χ1n) is 9.11. The minimum atomic E-state index is -3.17. The fourth-order valence-electron chi connectivity index (χ4n) is 3.58. The van der Waals surface area contributed by atoms with E-state index >= 15 is 0 Å². The summed E-state index contributed by atoms with van der Waals surface area (Å²) < 4.78 is 29.5. The molecule has 30 heavy (non-hydrogen) atoms. The first-order valence-corrected chi connectivity index (χ1v) is 12.6. The average Bonchev–Trinajstić information content (AvgIpc) is 3.15. The van der Waals surface area contributed by atoms with Gasteiger partial charge in [0.1, 0.15) is 5.75 Å². The zero-order valence-electron chi connectivity index (χ0n) is 15.9. The Kier molecular flexibility index (Phi) is 6.03. The molecule has 2 fully saturated rings. The summed E-state index contributed by atoms with van der Waals surface area (Å²) in [5.41, 5.74) is 1.36. The van der Waals surface area contributed by atoms with Crippen molar-refractivity contribution >= 4 is 61.6 Å². The summed E-state index contributed by atoms with van der Waals surface area (Å²) in [4.78, 5) is 18.7. The van der Waals surface area contributed by atoms with Gasteiger partial charge in [-0.1, -0.05) is 47.1 Å². The maximum absolute atomic E-state index is 12.7. The lowest BCUT2D eigenvalue weighted by Gasteiger charge is -2.25. The summed E-state index contributed by atoms with van der Waals surface area (Å²) in [5, 5.41) is 1.12. The molecule has 2 saturated heterocycles. The fraction of sp³-hybridized carbons (Fsp3) is 0.300. The number of rotatable bonds is 4. The number of thioether (sulfide) groups is 1. The zero-order chi connectivity index (χ0) is 21.5. The van der Waals surface area contributed by atoms with Gasteiger partial charge in [-0.15, -0.1) is 0 Å². The van der Waals surface area contributed by atoms with Crippen molar-refractivity contribution in [1.29, 1.82) is 0 Å². The van der Waals surface area contributed by atoms with E-state index in [-0.39, 0.29) is 35.1 Å². The summed E-state index contributed by atoms with van der Waals surface area (Å²) in [5.74, 6) is 0.412. The van der Waals surface area contributed by atoms with Crippen LogP contribution in [0.5, 0.6) is 5.75 Å². The molecule has 158 valence electrons. The van der Waals surface area contributed by atoms with Gasteiger partial charge in [0.15, 0.2) is 15.0 Å². The second-order valence-corrected chi connectivity index (χ2v) is 11.3. The SMILES string of the molecule is COc1ccc(CC(=O)N=C2S[C@@H]3CS(=O)(=O)C[C@H]3N2c2cc(Cl)ccc2Cl)cc1. The van der Waals surface area contributed by atoms with Crippen LogP contribution in [0, 0.1) is 0 Å². The van der Waals surface area contributed by atoms with Gasteiger partial charge in [-0.05, 0) is 35.9 Å². The van der Waals surface area contributed by atoms with Crippen LogP contribution in [0.2, 0.25) is 10.0 Å². The number of aliphatic imine (C=N–C) groups is 1. The molecule has 1 amide bonds. The van der Waals surface area contributed by atoms with Crippen molar-refractivity contribution in [2.75, 3.05) is 23.5 Å². The number of anilines is 1. The molecule has 4 rings (SSSR count). The number of hydrogen-bond acceptors (Lipinski definition) is 5. The number of nitrogens with zero attached hydrogens (tertiary/aromatic N) is 2. The molecule has 2 aliphatic heterocycles. The lowest BCUT2D eigenvalue weighted by molar-refractivity contribution is -0.117. The molecular weight excluding hydrogens is 467 g/mol. The highest BCUT2D eigenvalue weighted by atomic mass is 35.5. The van der Waals surface area contributed by atoms with Gasteiger partial charge in [0, 0.05) is 10.3 Å². The molecule has 0 radical (unpaired) electrons. The Bertz CT molecular complexity index is 1120. The first-order chi connectivity index (χ1) is 14.3. The van der Waals surface area contributed by atoms with E-state index in [0.717, 1.165) is 5.56 Å². The van der Waals surface area contributed by atoms with Crippen LogP contribution in [0.1, 0.15) is 5.56 Å². The Balaban J connectivity index is 1.64. The molecule has 0 spiro atoms. The number of halogens is 2. The van der Waals surface area contributed by atoms with Crippen molar-refractivity contribution in [1.82, 2.24) is 0 Å². The van der Waals surface area contributed by atoms with Gasteiger partial charge < -0.3 is 9.64 Å². The number of ether oxygens (including phenoxy) is 1. The summed E-state index contributed by atoms with van der Waals surface area (Å²) in [6.07, 6.45) is 0.124. The Morgan fingerprint density at radius 3 is 2.63 bits per heavy atom.